The number of nitrogens with one attached hydrogen (secondary N) is 1. The van der Waals surface area contributed by atoms with Crippen LogP contribution in [0.25, 0.3) is 0 Å². The summed E-state index contributed by atoms with van der Waals surface area (Å²) < 4.78 is 47.3. The number of amides is 2. The van der Waals surface area contributed by atoms with Crippen LogP contribution >= 0.6 is 0 Å². The summed E-state index contributed by atoms with van der Waals surface area (Å²) in [4.78, 5) is 26.2. The second kappa shape index (κ2) is 11.2. The molecule has 0 bridgehead atoms. The largest absolute Gasteiger partial charge is 0.489 e. The lowest BCUT2D eigenvalue weighted by molar-refractivity contribution is -0.122. The first-order valence-electron chi connectivity index (χ1n) is 11.2. The maximum atomic E-state index is 14.2. The van der Waals surface area contributed by atoms with Crippen molar-refractivity contribution in [2.24, 2.45) is 0 Å². The average molecular weight is 501 g/mol. The Morgan fingerprint density at radius 2 is 1.53 bits per heavy atom. The molecule has 0 fully saturated rings. The zero-order chi connectivity index (χ0) is 26.5. The molecule has 190 valence electrons. The summed E-state index contributed by atoms with van der Waals surface area (Å²) in [7, 11) is 0. The molecule has 0 unspecified atom stereocenters. The predicted molar refractivity (Wildman–Crippen MR) is 129 cm³/mol. The molecule has 0 saturated carbocycles. The molecule has 2 amide bonds. The molecule has 3 aromatic rings. The molecule has 0 spiro atoms. The molecule has 6 nitrogen and oxygen atoms in total. The van der Waals surface area contributed by atoms with Crippen molar-refractivity contribution in [1.29, 1.82) is 0 Å². The highest BCUT2D eigenvalue weighted by Crippen LogP contribution is 2.25. The number of hydrogen-bond acceptors (Lipinski definition) is 3. The van der Waals surface area contributed by atoms with Gasteiger partial charge in [-0.15, -0.1) is 0 Å². The monoisotopic (exact) mass is 500 g/mol. The van der Waals surface area contributed by atoms with Crippen molar-refractivity contribution < 1.29 is 32.6 Å². The fraction of sp³-hybridized carbons (Fsp3) is 0.259. The topological polar surface area (TPSA) is 78.9 Å². The second-order valence-corrected chi connectivity index (χ2v) is 9.20. The smallest absolute Gasteiger partial charge is 0.408 e. The van der Waals surface area contributed by atoms with E-state index in [-0.39, 0.29) is 6.42 Å². The van der Waals surface area contributed by atoms with Crippen molar-refractivity contribution in [3.63, 3.8) is 0 Å². The molecule has 0 aliphatic heterocycles. The minimum absolute atomic E-state index is 0.0845. The van der Waals surface area contributed by atoms with Crippen LogP contribution in [-0.4, -0.2) is 33.6 Å². The maximum absolute atomic E-state index is 14.2. The van der Waals surface area contributed by atoms with Gasteiger partial charge >= 0.3 is 6.09 Å². The van der Waals surface area contributed by atoms with E-state index in [1.807, 2.05) is 30.3 Å². The van der Waals surface area contributed by atoms with Crippen molar-refractivity contribution in [3.05, 3.63) is 95.3 Å². The van der Waals surface area contributed by atoms with E-state index >= 15 is 0 Å². The first-order valence-corrected chi connectivity index (χ1v) is 11.2. The van der Waals surface area contributed by atoms with E-state index in [2.05, 4.69) is 5.32 Å². The molecule has 3 rings (SSSR count). The fourth-order valence-corrected chi connectivity index (χ4v) is 3.74. The zero-order valence-electron chi connectivity index (χ0n) is 20.1. The van der Waals surface area contributed by atoms with Crippen LogP contribution in [0.3, 0.4) is 0 Å². The number of carboxylic acid groups (broad SMARTS) is 1. The molecule has 0 aromatic heterocycles. The van der Waals surface area contributed by atoms with Gasteiger partial charge in [0, 0.05) is 24.1 Å². The third kappa shape index (κ3) is 6.78. The molecule has 3 aromatic carbocycles. The van der Waals surface area contributed by atoms with Crippen LogP contribution in [0.1, 0.15) is 31.9 Å². The van der Waals surface area contributed by atoms with Crippen molar-refractivity contribution in [2.75, 3.05) is 5.32 Å². The maximum Gasteiger partial charge on any atom is 0.408 e. The average Bonchev–Trinajstić information content (AvgIpc) is 2.80. The number of hydrogen-bond donors (Lipinski definition) is 2. The Balaban J connectivity index is 1.83. The fourth-order valence-electron chi connectivity index (χ4n) is 3.74. The second-order valence-electron chi connectivity index (χ2n) is 9.20. The summed E-state index contributed by atoms with van der Waals surface area (Å²) in [5.74, 6) is -4.14. The number of rotatable bonds is 8. The Morgan fingerprint density at radius 3 is 2.06 bits per heavy atom. The highest BCUT2D eigenvalue weighted by atomic mass is 19.1. The van der Waals surface area contributed by atoms with Gasteiger partial charge in [0.25, 0.3) is 0 Å². The molecule has 0 aliphatic carbocycles. The zero-order valence-corrected chi connectivity index (χ0v) is 20.1. The van der Waals surface area contributed by atoms with Gasteiger partial charge < -0.3 is 15.2 Å². The third-order valence-corrected chi connectivity index (χ3v) is 5.40. The van der Waals surface area contributed by atoms with Crippen molar-refractivity contribution in [1.82, 2.24) is 4.90 Å². The molecule has 1 atom stereocenters. The normalized spacial score (nSPS) is 12.1. The Labute approximate surface area is 207 Å². The molecule has 0 heterocycles. The molecule has 9 heteroatoms. The molecule has 0 aliphatic rings. The standard InChI is InChI=1S/C27H27F3N2O4/c1-27(2,3)32(26(34)35)23(25(33)31-24-21(29)14-19(28)15-22(24)30)13-17-9-11-20(12-10-17)36-16-18-7-5-4-6-8-18/h4-12,14-15,23H,13,16H2,1-3H3,(H,31,33)(H,34,35)/t23-/m0/s1. The molecular weight excluding hydrogens is 473 g/mol. The van der Waals surface area contributed by atoms with Crippen molar-refractivity contribution in [3.8, 4) is 5.75 Å². The minimum Gasteiger partial charge on any atom is -0.489 e. The molecule has 0 radical (unpaired) electrons. The lowest BCUT2D eigenvalue weighted by Gasteiger charge is -2.39. The van der Waals surface area contributed by atoms with E-state index in [1.54, 1.807) is 45.0 Å². The Hall–Kier alpha value is -4.01. The van der Waals surface area contributed by atoms with Crippen LogP contribution in [0.5, 0.6) is 5.75 Å². The van der Waals surface area contributed by atoms with Gasteiger partial charge in [0.05, 0.1) is 0 Å². The number of nitrogens with zero attached hydrogens (tertiary/aromatic N) is 1. The van der Waals surface area contributed by atoms with Gasteiger partial charge in [0.1, 0.15) is 29.9 Å². The van der Waals surface area contributed by atoms with Crippen LogP contribution in [0, 0.1) is 17.5 Å². The van der Waals surface area contributed by atoms with Crippen molar-refractivity contribution >= 4 is 17.7 Å². The number of ether oxygens (including phenoxy) is 1. The summed E-state index contributed by atoms with van der Waals surface area (Å²) in [6.07, 6.45) is -1.47. The van der Waals surface area contributed by atoms with Gasteiger partial charge in [0.2, 0.25) is 5.91 Å². The number of carbonyl (C=O) groups excluding carboxylic acids is 1. The van der Waals surface area contributed by atoms with E-state index in [0.29, 0.717) is 30.1 Å². The summed E-state index contributed by atoms with van der Waals surface area (Å²) in [6, 6.07) is 15.8. The first kappa shape index (κ1) is 26.6. The van der Waals surface area contributed by atoms with E-state index in [0.717, 1.165) is 10.5 Å². The minimum atomic E-state index is -1.38. The molecule has 2 N–H and O–H groups in total. The quantitative estimate of drug-likeness (QED) is 0.397. The highest BCUT2D eigenvalue weighted by molar-refractivity contribution is 5.97. The van der Waals surface area contributed by atoms with Gasteiger partial charge in [-0.05, 0) is 44.0 Å². The van der Waals surface area contributed by atoms with Crippen LogP contribution in [0.15, 0.2) is 66.7 Å². The summed E-state index contributed by atoms with van der Waals surface area (Å²) in [5, 5.41) is 12.0. The van der Waals surface area contributed by atoms with E-state index in [1.165, 1.54) is 0 Å². The third-order valence-electron chi connectivity index (χ3n) is 5.40. The van der Waals surface area contributed by atoms with Gasteiger partial charge in [-0.25, -0.2) is 18.0 Å². The van der Waals surface area contributed by atoms with Crippen molar-refractivity contribution in [2.45, 2.75) is 45.4 Å². The Morgan fingerprint density at radius 1 is 0.944 bits per heavy atom. The lowest BCUT2D eigenvalue weighted by atomic mass is 9.97. The summed E-state index contributed by atoms with van der Waals surface area (Å²) in [6.45, 7) is 5.15. The number of halogens is 3. The molecular formula is C27H27F3N2O4. The van der Waals surface area contributed by atoms with Crippen LogP contribution in [-0.2, 0) is 17.8 Å². The number of benzene rings is 3. The van der Waals surface area contributed by atoms with Gasteiger partial charge in [0.15, 0.2) is 11.6 Å². The number of anilines is 1. The SMILES string of the molecule is CC(C)(C)N(C(=O)O)[C@@H](Cc1ccc(OCc2ccccc2)cc1)C(=O)Nc1c(F)cc(F)cc1F. The summed E-state index contributed by atoms with van der Waals surface area (Å²) >= 11 is 0. The molecule has 36 heavy (non-hydrogen) atoms. The Bertz CT molecular complexity index is 1190. The molecule has 0 saturated heterocycles. The highest BCUT2D eigenvalue weighted by Gasteiger charge is 2.38. The van der Waals surface area contributed by atoms with E-state index in [9.17, 15) is 27.9 Å². The van der Waals surface area contributed by atoms with Crippen LogP contribution < -0.4 is 10.1 Å². The first-order chi connectivity index (χ1) is 17.0. The van der Waals surface area contributed by atoms with Crippen LogP contribution in [0.2, 0.25) is 0 Å². The van der Waals surface area contributed by atoms with E-state index < -0.39 is 46.7 Å². The number of carbonyl (C=O) groups is 2. The van der Waals surface area contributed by atoms with E-state index in [4.69, 9.17) is 4.74 Å². The lowest BCUT2D eigenvalue weighted by Crippen LogP contribution is -2.56. The predicted octanol–water partition coefficient (Wildman–Crippen LogP) is 6.01. The Kier molecular flexibility index (Phi) is 8.24. The summed E-state index contributed by atoms with van der Waals surface area (Å²) in [5.41, 5.74) is -0.291. The van der Waals surface area contributed by atoms with Crippen LogP contribution in [0.4, 0.5) is 23.7 Å². The van der Waals surface area contributed by atoms with Gasteiger partial charge in [-0.3, -0.25) is 9.69 Å². The van der Waals surface area contributed by atoms with Gasteiger partial charge in [-0.1, -0.05) is 42.5 Å². The van der Waals surface area contributed by atoms with Gasteiger partial charge in [-0.2, -0.15) is 0 Å².